The topological polar surface area (TPSA) is 37.3 Å². The van der Waals surface area contributed by atoms with Gasteiger partial charge in [-0.3, -0.25) is 0 Å². The first-order valence-electron chi connectivity index (χ1n) is 4.34. The van der Waals surface area contributed by atoms with Crippen LogP contribution >= 0.6 is 11.8 Å². The largest absolute Gasteiger partial charge is 0.478 e. The average Bonchev–Trinajstić information content (AvgIpc) is 2.17. The van der Waals surface area contributed by atoms with Gasteiger partial charge in [-0.15, -0.1) is 11.8 Å². The summed E-state index contributed by atoms with van der Waals surface area (Å²) in [7, 11) is 0. The minimum Gasteiger partial charge on any atom is -0.478 e. The predicted octanol–water partition coefficient (Wildman–Crippen LogP) is 3.13. The summed E-state index contributed by atoms with van der Waals surface area (Å²) in [5.74, 6) is -0.808. The lowest BCUT2D eigenvalue weighted by Crippen LogP contribution is -1.99. The van der Waals surface area contributed by atoms with Crippen molar-refractivity contribution in [2.24, 2.45) is 0 Å². The smallest absolute Gasteiger partial charge is 0.336 e. The van der Waals surface area contributed by atoms with Crippen LogP contribution in [0.25, 0.3) is 0 Å². The zero-order valence-corrected chi connectivity index (χ0v) is 8.64. The highest BCUT2D eigenvalue weighted by atomic mass is 32.2. The van der Waals surface area contributed by atoms with Gasteiger partial charge in [-0.1, -0.05) is 12.1 Å². The van der Waals surface area contributed by atoms with E-state index in [0.717, 1.165) is 11.8 Å². The summed E-state index contributed by atoms with van der Waals surface area (Å²) in [6, 6.07) is 6.39. The first kappa shape index (κ1) is 12.0. The molecule has 0 atom stereocenters. The van der Waals surface area contributed by atoms with Crippen molar-refractivity contribution < 1.29 is 18.7 Å². The van der Waals surface area contributed by atoms with Crippen LogP contribution in [0.4, 0.5) is 8.78 Å². The average molecular weight is 232 g/mol. The molecule has 0 unspecified atom stereocenters. The van der Waals surface area contributed by atoms with Crippen molar-refractivity contribution in [3.8, 4) is 0 Å². The van der Waals surface area contributed by atoms with Gasteiger partial charge in [-0.2, -0.15) is 0 Å². The molecule has 0 aliphatic carbocycles. The van der Waals surface area contributed by atoms with Gasteiger partial charge >= 0.3 is 5.97 Å². The number of halogens is 2. The molecular weight excluding hydrogens is 222 g/mol. The number of hydrogen-bond donors (Lipinski definition) is 1. The molecule has 0 fully saturated rings. The van der Waals surface area contributed by atoms with Crippen LogP contribution in [0.2, 0.25) is 0 Å². The van der Waals surface area contributed by atoms with E-state index >= 15 is 0 Å². The van der Waals surface area contributed by atoms with Crippen LogP contribution in [0.15, 0.2) is 29.2 Å². The molecule has 0 spiro atoms. The highest BCUT2D eigenvalue weighted by Crippen LogP contribution is 2.24. The van der Waals surface area contributed by atoms with Gasteiger partial charge in [-0.25, -0.2) is 13.6 Å². The molecule has 15 heavy (non-hydrogen) atoms. The van der Waals surface area contributed by atoms with Crippen LogP contribution in [-0.2, 0) is 0 Å². The van der Waals surface area contributed by atoms with E-state index in [1.165, 1.54) is 6.07 Å². The van der Waals surface area contributed by atoms with E-state index in [1.807, 2.05) is 0 Å². The van der Waals surface area contributed by atoms with Gasteiger partial charge in [0.15, 0.2) is 0 Å². The first-order valence-corrected chi connectivity index (χ1v) is 5.33. The second kappa shape index (κ2) is 5.70. The van der Waals surface area contributed by atoms with Gasteiger partial charge in [0, 0.05) is 17.1 Å². The maximum absolute atomic E-state index is 11.9. The summed E-state index contributed by atoms with van der Waals surface area (Å²) in [4.78, 5) is 11.3. The Morgan fingerprint density at radius 2 is 2.07 bits per heavy atom. The van der Waals surface area contributed by atoms with Gasteiger partial charge in [0.25, 0.3) is 0 Å². The summed E-state index contributed by atoms with van der Waals surface area (Å²) < 4.78 is 23.7. The fourth-order valence-corrected chi connectivity index (χ4v) is 2.03. The molecular formula is C10H10F2O2S. The summed E-state index contributed by atoms with van der Waals surface area (Å²) in [5.41, 5.74) is 0.164. The van der Waals surface area contributed by atoms with Crippen molar-refractivity contribution in [2.75, 3.05) is 5.75 Å². The Kier molecular flexibility index (Phi) is 4.55. The Balaban J connectivity index is 2.63. The third-order valence-electron chi connectivity index (χ3n) is 1.71. The van der Waals surface area contributed by atoms with E-state index in [4.69, 9.17) is 5.11 Å². The van der Waals surface area contributed by atoms with Crippen molar-refractivity contribution in [2.45, 2.75) is 17.7 Å². The molecule has 1 rings (SSSR count). The van der Waals surface area contributed by atoms with Crippen molar-refractivity contribution in [1.29, 1.82) is 0 Å². The first-order chi connectivity index (χ1) is 7.11. The van der Waals surface area contributed by atoms with E-state index in [-0.39, 0.29) is 17.7 Å². The molecule has 0 aliphatic heterocycles. The van der Waals surface area contributed by atoms with E-state index in [9.17, 15) is 13.6 Å². The second-order valence-electron chi connectivity index (χ2n) is 2.83. The maximum atomic E-state index is 11.9. The molecule has 0 heterocycles. The molecule has 0 radical (unpaired) electrons. The van der Waals surface area contributed by atoms with Gasteiger partial charge < -0.3 is 5.11 Å². The number of benzene rings is 1. The Morgan fingerprint density at radius 3 is 2.67 bits per heavy atom. The molecule has 82 valence electrons. The van der Waals surface area contributed by atoms with Crippen molar-refractivity contribution in [3.05, 3.63) is 29.8 Å². The lowest BCUT2D eigenvalue weighted by molar-refractivity contribution is 0.0693. The molecule has 0 aromatic heterocycles. The fraction of sp³-hybridized carbons (Fsp3) is 0.300. The van der Waals surface area contributed by atoms with Crippen LogP contribution < -0.4 is 0 Å². The number of thioether (sulfide) groups is 1. The molecule has 0 aliphatic rings. The summed E-state index contributed by atoms with van der Waals surface area (Å²) in [6.07, 6.45) is -2.56. The Morgan fingerprint density at radius 1 is 1.40 bits per heavy atom. The summed E-state index contributed by atoms with van der Waals surface area (Å²) >= 11 is 1.14. The minimum absolute atomic E-state index is 0.164. The highest BCUT2D eigenvalue weighted by Gasteiger charge is 2.10. The van der Waals surface area contributed by atoms with Gasteiger partial charge in [0.2, 0.25) is 6.43 Å². The number of carboxylic acids is 1. The SMILES string of the molecule is O=C(O)c1ccccc1SCCC(F)F. The van der Waals surface area contributed by atoms with Gasteiger partial charge in [0.1, 0.15) is 0 Å². The molecule has 0 amide bonds. The standard InChI is InChI=1S/C10H10F2O2S/c11-9(12)5-6-15-8-4-2-1-3-7(8)10(13)14/h1-4,9H,5-6H2,(H,13,14). The number of carboxylic acid groups (broad SMARTS) is 1. The van der Waals surface area contributed by atoms with Crippen LogP contribution in [-0.4, -0.2) is 23.3 Å². The van der Waals surface area contributed by atoms with E-state index in [2.05, 4.69) is 0 Å². The van der Waals surface area contributed by atoms with E-state index < -0.39 is 12.4 Å². The Labute approximate surface area is 90.3 Å². The molecule has 0 saturated carbocycles. The number of aromatic carboxylic acids is 1. The third-order valence-corrected chi connectivity index (χ3v) is 2.82. The normalized spacial score (nSPS) is 10.6. The van der Waals surface area contributed by atoms with E-state index in [1.54, 1.807) is 18.2 Å². The Hall–Kier alpha value is -1.10. The zero-order valence-electron chi connectivity index (χ0n) is 7.82. The number of rotatable bonds is 5. The van der Waals surface area contributed by atoms with Crippen molar-refractivity contribution >= 4 is 17.7 Å². The number of carbonyl (C=O) groups is 1. The summed E-state index contributed by atoms with van der Waals surface area (Å²) in [5, 5.41) is 8.81. The number of hydrogen-bond acceptors (Lipinski definition) is 2. The molecule has 1 aromatic carbocycles. The van der Waals surface area contributed by atoms with Gasteiger partial charge in [0.05, 0.1) is 5.56 Å². The molecule has 1 N–H and O–H groups in total. The molecule has 1 aromatic rings. The van der Waals surface area contributed by atoms with Crippen molar-refractivity contribution in [3.63, 3.8) is 0 Å². The maximum Gasteiger partial charge on any atom is 0.336 e. The fourth-order valence-electron chi connectivity index (χ4n) is 1.03. The Bertz CT molecular complexity index is 342. The predicted molar refractivity (Wildman–Crippen MR) is 54.7 cm³/mol. The quantitative estimate of drug-likeness (QED) is 0.792. The van der Waals surface area contributed by atoms with Crippen LogP contribution in [0, 0.1) is 0 Å². The lowest BCUT2D eigenvalue weighted by Gasteiger charge is -2.04. The van der Waals surface area contributed by atoms with Crippen LogP contribution in [0.1, 0.15) is 16.8 Å². The zero-order chi connectivity index (χ0) is 11.3. The lowest BCUT2D eigenvalue weighted by atomic mass is 10.2. The highest BCUT2D eigenvalue weighted by molar-refractivity contribution is 7.99. The van der Waals surface area contributed by atoms with Crippen molar-refractivity contribution in [1.82, 2.24) is 0 Å². The van der Waals surface area contributed by atoms with E-state index in [0.29, 0.717) is 4.90 Å². The monoisotopic (exact) mass is 232 g/mol. The summed E-state index contributed by atoms with van der Waals surface area (Å²) in [6.45, 7) is 0. The van der Waals surface area contributed by atoms with Crippen LogP contribution in [0.5, 0.6) is 0 Å². The molecule has 0 saturated heterocycles. The molecule has 0 bridgehead atoms. The molecule has 2 nitrogen and oxygen atoms in total. The second-order valence-corrected chi connectivity index (χ2v) is 3.97. The molecule has 5 heteroatoms. The van der Waals surface area contributed by atoms with Gasteiger partial charge in [-0.05, 0) is 12.1 Å². The minimum atomic E-state index is -2.34. The number of alkyl halides is 2. The third kappa shape index (κ3) is 3.87. The van der Waals surface area contributed by atoms with Crippen LogP contribution in [0.3, 0.4) is 0 Å².